The van der Waals surface area contributed by atoms with Crippen LogP contribution in [0.2, 0.25) is 0 Å². The first-order valence-corrected chi connectivity index (χ1v) is 10.0. The number of anilines is 1. The molecule has 1 aromatic carbocycles. The van der Waals surface area contributed by atoms with Crippen LogP contribution in [0.4, 0.5) is 5.13 Å². The number of carbonyl (C=O) groups is 1. The van der Waals surface area contributed by atoms with Gasteiger partial charge in [-0.25, -0.2) is 9.97 Å². The van der Waals surface area contributed by atoms with Crippen molar-refractivity contribution < 1.29 is 9.53 Å². The van der Waals surface area contributed by atoms with Crippen LogP contribution in [0.5, 0.6) is 5.75 Å². The molecule has 0 bridgehead atoms. The molecular formula is C19H21N3O2S2. The molecule has 0 aliphatic rings. The lowest BCUT2D eigenvalue weighted by molar-refractivity contribution is 0.103. The average Bonchev–Trinajstić information content (AvgIpc) is 3.24. The van der Waals surface area contributed by atoms with Crippen molar-refractivity contribution in [1.29, 1.82) is 0 Å². The molecule has 0 fully saturated rings. The lowest BCUT2D eigenvalue weighted by atomic mass is 9.98. The zero-order valence-electron chi connectivity index (χ0n) is 15.2. The van der Waals surface area contributed by atoms with Crippen LogP contribution in [0, 0.1) is 0 Å². The monoisotopic (exact) mass is 387 g/mol. The fourth-order valence-electron chi connectivity index (χ4n) is 2.30. The van der Waals surface area contributed by atoms with E-state index in [1.807, 2.05) is 36.6 Å². The van der Waals surface area contributed by atoms with Crippen molar-refractivity contribution in [1.82, 2.24) is 9.97 Å². The fourth-order valence-corrected chi connectivity index (χ4v) is 3.87. The summed E-state index contributed by atoms with van der Waals surface area (Å²) in [5.41, 5.74) is 1.63. The molecule has 0 radical (unpaired) electrons. The van der Waals surface area contributed by atoms with Crippen LogP contribution < -0.4 is 10.1 Å². The van der Waals surface area contributed by atoms with E-state index >= 15 is 0 Å². The SMILES string of the molecule is CCOc1ccccc1-c1csc(NC(=O)c2cnc(C(C)(C)C)s2)n1. The second-order valence-corrected chi connectivity index (χ2v) is 8.59. The second-order valence-electron chi connectivity index (χ2n) is 6.70. The maximum atomic E-state index is 12.5. The number of hydrogen-bond donors (Lipinski definition) is 1. The summed E-state index contributed by atoms with van der Waals surface area (Å²) in [4.78, 5) is 21.9. The van der Waals surface area contributed by atoms with Crippen molar-refractivity contribution >= 4 is 33.7 Å². The van der Waals surface area contributed by atoms with Crippen molar-refractivity contribution in [3.63, 3.8) is 0 Å². The molecule has 0 unspecified atom stereocenters. The number of ether oxygens (including phenoxy) is 1. The van der Waals surface area contributed by atoms with E-state index in [9.17, 15) is 4.79 Å². The minimum absolute atomic E-state index is 0.0689. The second kappa shape index (κ2) is 7.55. The molecule has 2 heterocycles. The molecule has 1 N–H and O–H groups in total. The molecule has 0 aliphatic heterocycles. The number of nitrogens with one attached hydrogen (secondary N) is 1. The number of hydrogen-bond acceptors (Lipinski definition) is 6. The van der Waals surface area contributed by atoms with Crippen molar-refractivity contribution in [3.05, 3.63) is 45.7 Å². The van der Waals surface area contributed by atoms with Crippen LogP contribution >= 0.6 is 22.7 Å². The first-order chi connectivity index (χ1) is 12.4. The molecule has 26 heavy (non-hydrogen) atoms. The van der Waals surface area contributed by atoms with E-state index in [-0.39, 0.29) is 11.3 Å². The number of benzene rings is 1. The Morgan fingerprint density at radius 3 is 2.73 bits per heavy atom. The van der Waals surface area contributed by atoms with E-state index in [0.717, 1.165) is 22.0 Å². The van der Waals surface area contributed by atoms with E-state index in [0.29, 0.717) is 16.6 Å². The first-order valence-electron chi connectivity index (χ1n) is 8.34. The summed E-state index contributed by atoms with van der Waals surface area (Å²) in [5, 5.41) is 6.28. The van der Waals surface area contributed by atoms with Crippen LogP contribution in [-0.2, 0) is 5.41 Å². The molecule has 0 saturated heterocycles. The number of amides is 1. The number of nitrogens with zero attached hydrogens (tertiary/aromatic N) is 2. The highest BCUT2D eigenvalue weighted by Gasteiger charge is 2.21. The van der Waals surface area contributed by atoms with Gasteiger partial charge in [0.2, 0.25) is 0 Å². The summed E-state index contributed by atoms with van der Waals surface area (Å²) in [6.07, 6.45) is 1.62. The van der Waals surface area contributed by atoms with Crippen LogP contribution in [0.25, 0.3) is 11.3 Å². The van der Waals surface area contributed by atoms with Crippen LogP contribution in [0.3, 0.4) is 0 Å². The summed E-state index contributed by atoms with van der Waals surface area (Å²) < 4.78 is 5.66. The maximum Gasteiger partial charge on any atom is 0.269 e. The summed E-state index contributed by atoms with van der Waals surface area (Å²) in [6, 6.07) is 7.76. The number of thiazole rings is 2. The molecule has 7 heteroatoms. The van der Waals surface area contributed by atoms with E-state index in [1.165, 1.54) is 22.7 Å². The highest BCUT2D eigenvalue weighted by Crippen LogP contribution is 2.33. The van der Waals surface area contributed by atoms with Gasteiger partial charge in [-0.1, -0.05) is 32.9 Å². The van der Waals surface area contributed by atoms with Crippen LogP contribution in [0.15, 0.2) is 35.8 Å². The molecule has 0 atom stereocenters. The van der Waals surface area contributed by atoms with Gasteiger partial charge < -0.3 is 4.74 Å². The molecule has 0 saturated carbocycles. The highest BCUT2D eigenvalue weighted by atomic mass is 32.1. The standard InChI is InChI=1S/C19H21N3O2S2/c1-5-24-14-9-7-6-8-12(14)13-11-25-18(21-13)22-16(23)15-10-20-17(26-15)19(2,3)4/h6-11H,5H2,1-4H3,(H,21,22,23). The maximum absolute atomic E-state index is 12.5. The molecule has 136 valence electrons. The van der Waals surface area contributed by atoms with Gasteiger partial charge >= 0.3 is 0 Å². The quantitative estimate of drug-likeness (QED) is 0.652. The molecule has 5 nitrogen and oxygen atoms in total. The third kappa shape index (κ3) is 4.11. The minimum atomic E-state index is -0.183. The van der Waals surface area contributed by atoms with Crippen molar-refractivity contribution in [2.45, 2.75) is 33.1 Å². The van der Waals surface area contributed by atoms with Gasteiger partial charge in [0.1, 0.15) is 10.6 Å². The van der Waals surface area contributed by atoms with Gasteiger partial charge in [-0.15, -0.1) is 22.7 Å². The fraction of sp³-hybridized carbons (Fsp3) is 0.316. The Kier molecular flexibility index (Phi) is 5.38. The topological polar surface area (TPSA) is 64.1 Å². The Morgan fingerprint density at radius 1 is 1.27 bits per heavy atom. The van der Waals surface area contributed by atoms with Gasteiger partial charge in [-0.05, 0) is 19.1 Å². The summed E-state index contributed by atoms with van der Waals surface area (Å²) in [7, 11) is 0. The van der Waals surface area contributed by atoms with E-state index in [1.54, 1.807) is 6.20 Å². The highest BCUT2D eigenvalue weighted by molar-refractivity contribution is 7.15. The Morgan fingerprint density at radius 2 is 2.04 bits per heavy atom. The van der Waals surface area contributed by atoms with Crippen LogP contribution in [-0.4, -0.2) is 22.5 Å². The lowest BCUT2D eigenvalue weighted by Gasteiger charge is -2.13. The smallest absolute Gasteiger partial charge is 0.269 e. The van der Waals surface area contributed by atoms with Gasteiger partial charge in [0.15, 0.2) is 5.13 Å². The molecule has 2 aromatic heterocycles. The summed E-state index contributed by atoms with van der Waals surface area (Å²) >= 11 is 2.81. The van der Waals surface area contributed by atoms with Gasteiger partial charge in [0, 0.05) is 16.4 Å². The molecular weight excluding hydrogens is 366 g/mol. The van der Waals surface area contributed by atoms with Crippen LogP contribution in [0.1, 0.15) is 42.4 Å². The molecule has 0 aliphatic carbocycles. The lowest BCUT2D eigenvalue weighted by Crippen LogP contribution is -2.10. The summed E-state index contributed by atoms with van der Waals surface area (Å²) in [6.45, 7) is 8.78. The van der Waals surface area contributed by atoms with Crippen molar-refractivity contribution in [3.8, 4) is 17.0 Å². The molecule has 1 amide bonds. The minimum Gasteiger partial charge on any atom is -0.493 e. The third-order valence-electron chi connectivity index (χ3n) is 3.56. The largest absolute Gasteiger partial charge is 0.493 e. The molecule has 3 rings (SSSR count). The van der Waals surface area contributed by atoms with Crippen molar-refractivity contribution in [2.75, 3.05) is 11.9 Å². The predicted octanol–water partition coefficient (Wildman–Crippen LogP) is 5.22. The first kappa shape index (κ1) is 18.5. The number of rotatable bonds is 5. The number of carbonyl (C=O) groups excluding carboxylic acids is 1. The number of para-hydroxylation sites is 1. The summed E-state index contributed by atoms with van der Waals surface area (Å²) in [5.74, 6) is 0.604. The van der Waals surface area contributed by atoms with Gasteiger partial charge in [0.25, 0.3) is 5.91 Å². The van der Waals surface area contributed by atoms with Gasteiger partial charge in [0.05, 0.1) is 23.5 Å². The zero-order valence-corrected chi connectivity index (χ0v) is 16.8. The Hall–Kier alpha value is -2.25. The van der Waals surface area contributed by atoms with E-state index in [4.69, 9.17) is 4.74 Å². The van der Waals surface area contributed by atoms with E-state index < -0.39 is 0 Å². The third-order valence-corrected chi connectivity index (χ3v) is 5.74. The van der Waals surface area contributed by atoms with Gasteiger partial charge in [-0.3, -0.25) is 10.1 Å². The van der Waals surface area contributed by atoms with Gasteiger partial charge in [-0.2, -0.15) is 0 Å². The normalized spacial score (nSPS) is 11.4. The zero-order chi connectivity index (χ0) is 18.7. The Bertz CT molecular complexity index is 909. The molecule has 3 aromatic rings. The Labute approximate surface area is 161 Å². The number of aromatic nitrogens is 2. The predicted molar refractivity (Wildman–Crippen MR) is 107 cm³/mol. The van der Waals surface area contributed by atoms with E-state index in [2.05, 4.69) is 36.1 Å². The molecule has 0 spiro atoms. The van der Waals surface area contributed by atoms with Crippen molar-refractivity contribution in [2.24, 2.45) is 0 Å². The Balaban J connectivity index is 1.77. The average molecular weight is 388 g/mol.